The maximum atomic E-state index is 12.3. The van der Waals surface area contributed by atoms with Gasteiger partial charge in [0.05, 0.1) is 0 Å². The molecule has 0 amide bonds. The smallest absolute Gasteiger partial charge is 0.406 e. The van der Waals surface area contributed by atoms with Crippen molar-refractivity contribution in [2.45, 2.75) is 18.9 Å². The van der Waals surface area contributed by atoms with Crippen molar-refractivity contribution in [1.29, 1.82) is 0 Å². The molecule has 0 saturated heterocycles. The molecule has 0 spiro atoms. The number of halogens is 3. The number of para-hydroxylation sites is 1. The minimum absolute atomic E-state index is 0.313. The van der Waals surface area contributed by atoms with E-state index in [9.17, 15) is 13.2 Å². The number of nitrogens with one attached hydrogen (secondary N) is 3. The zero-order valence-electron chi connectivity index (χ0n) is 15.2. The van der Waals surface area contributed by atoms with Crippen molar-refractivity contribution in [2.75, 3.05) is 10.6 Å². The number of aromatic amines is 1. The van der Waals surface area contributed by atoms with Crippen LogP contribution in [0.1, 0.15) is 17.0 Å². The van der Waals surface area contributed by atoms with Crippen LogP contribution in [-0.2, 0) is 5.66 Å². The van der Waals surface area contributed by atoms with E-state index >= 15 is 0 Å². The van der Waals surface area contributed by atoms with Gasteiger partial charge >= 0.3 is 6.36 Å². The fourth-order valence-electron chi connectivity index (χ4n) is 3.06. The Hall–Kier alpha value is -3.53. The molecule has 5 N–H and O–H groups in total. The predicted octanol–water partition coefficient (Wildman–Crippen LogP) is 3.67. The van der Waals surface area contributed by atoms with Gasteiger partial charge in [-0.05, 0) is 43.3 Å². The summed E-state index contributed by atoms with van der Waals surface area (Å²) in [6.07, 6.45) is -4.74. The topological polar surface area (TPSA) is 100 Å². The van der Waals surface area contributed by atoms with Crippen LogP contribution in [0.5, 0.6) is 5.75 Å². The third-order valence-electron chi connectivity index (χ3n) is 4.33. The number of aryl methyl sites for hydroxylation is 1. The van der Waals surface area contributed by atoms with Crippen molar-refractivity contribution in [2.24, 2.45) is 10.7 Å². The summed E-state index contributed by atoms with van der Waals surface area (Å²) in [5, 5.41) is 13.3. The van der Waals surface area contributed by atoms with Crippen LogP contribution >= 0.6 is 0 Å². The second-order valence-corrected chi connectivity index (χ2v) is 6.53. The molecule has 1 unspecified atom stereocenters. The quantitative estimate of drug-likeness (QED) is 0.536. The first-order chi connectivity index (χ1) is 13.7. The van der Waals surface area contributed by atoms with E-state index in [1.165, 1.54) is 24.3 Å². The first-order valence-electron chi connectivity index (χ1n) is 8.63. The van der Waals surface area contributed by atoms with E-state index in [1.807, 2.05) is 37.3 Å². The first-order valence-corrected chi connectivity index (χ1v) is 8.63. The third-order valence-corrected chi connectivity index (χ3v) is 4.33. The van der Waals surface area contributed by atoms with Crippen LogP contribution < -0.4 is 21.1 Å². The molecule has 4 rings (SSSR count). The maximum Gasteiger partial charge on any atom is 0.573 e. The summed E-state index contributed by atoms with van der Waals surface area (Å²) in [5.74, 6) is 0.0171. The normalized spacial score (nSPS) is 18.4. The number of fused-ring (bicyclic) bond motifs is 1. The largest absolute Gasteiger partial charge is 0.573 e. The Labute approximate surface area is 163 Å². The van der Waals surface area contributed by atoms with Gasteiger partial charge in [0.2, 0.25) is 5.96 Å². The second kappa shape index (κ2) is 6.82. The summed E-state index contributed by atoms with van der Waals surface area (Å²) in [5.41, 5.74) is 8.77. The van der Waals surface area contributed by atoms with Crippen molar-refractivity contribution in [3.63, 3.8) is 0 Å². The molecule has 0 radical (unpaired) electrons. The van der Waals surface area contributed by atoms with Gasteiger partial charge in [-0.2, -0.15) is 5.10 Å². The summed E-state index contributed by atoms with van der Waals surface area (Å²) < 4.78 is 40.8. The highest BCUT2D eigenvalue weighted by molar-refractivity contribution is 6.06. The molecule has 0 aliphatic carbocycles. The lowest BCUT2D eigenvalue weighted by Gasteiger charge is -2.32. The molecule has 0 fully saturated rings. The predicted molar refractivity (Wildman–Crippen MR) is 103 cm³/mol. The Kier molecular flexibility index (Phi) is 4.42. The van der Waals surface area contributed by atoms with E-state index in [-0.39, 0.29) is 5.75 Å². The van der Waals surface area contributed by atoms with Crippen molar-refractivity contribution in [3.8, 4) is 5.75 Å². The van der Waals surface area contributed by atoms with Crippen LogP contribution in [0.3, 0.4) is 0 Å². The fourth-order valence-corrected chi connectivity index (χ4v) is 3.06. The van der Waals surface area contributed by atoms with Crippen molar-refractivity contribution in [1.82, 2.24) is 10.2 Å². The number of ether oxygens (including phenoxy) is 1. The number of anilines is 2. The lowest BCUT2D eigenvalue weighted by molar-refractivity contribution is -0.274. The molecule has 1 atom stereocenters. The Morgan fingerprint density at radius 3 is 2.48 bits per heavy atom. The fraction of sp³-hybridized carbons (Fsp3) is 0.158. The second-order valence-electron chi connectivity index (χ2n) is 6.53. The van der Waals surface area contributed by atoms with Gasteiger partial charge in [-0.3, -0.25) is 10.8 Å². The minimum Gasteiger partial charge on any atom is -0.406 e. The minimum atomic E-state index is -4.74. The Morgan fingerprint density at radius 2 is 1.83 bits per heavy atom. The van der Waals surface area contributed by atoms with Crippen molar-refractivity contribution in [3.05, 3.63) is 71.5 Å². The summed E-state index contributed by atoms with van der Waals surface area (Å²) in [6.45, 7) is 1.86. The number of alkyl halides is 3. The van der Waals surface area contributed by atoms with Crippen molar-refractivity contribution >= 4 is 17.3 Å². The highest BCUT2D eigenvalue weighted by Gasteiger charge is 2.37. The van der Waals surface area contributed by atoms with E-state index in [2.05, 4.69) is 30.6 Å². The van der Waals surface area contributed by atoms with Gasteiger partial charge in [0.1, 0.15) is 11.4 Å². The average molecular weight is 402 g/mol. The number of aliphatic imine (C=N–C) groups is 1. The van der Waals surface area contributed by atoms with E-state index in [1.54, 1.807) is 0 Å². The monoisotopic (exact) mass is 402 g/mol. The zero-order valence-corrected chi connectivity index (χ0v) is 15.2. The number of aromatic nitrogens is 2. The molecular weight excluding hydrogens is 385 g/mol. The van der Waals surface area contributed by atoms with E-state index in [0.717, 1.165) is 16.9 Å². The SMILES string of the molecule is Cc1cc(C2(N)N=C(Nc3ccc(OC(F)(F)F)cc3)Nc3ccccc32)n[nH]1. The summed E-state index contributed by atoms with van der Waals surface area (Å²) in [7, 11) is 0. The van der Waals surface area contributed by atoms with Gasteiger partial charge in [-0.15, -0.1) is 13.2 Å². The van der Waals surface area contributed by atoms with Crippen LogP contribution in [0.2, 0.25) is 0 Å². The van der Waals surface area contributed by atoms with Crippen LogP contribution in [0.4, 0.5) is 24.5 Å². The summed E-state index contributed by atoms with van der Waals surface area (Å²) >= 11 is 0. The molecule has 0 bridgehead atoms. The summed E-state index contributed by atoms with van der Waals surface area (Å²) in [6, 6.07) is 14.5. The Morgan fingerprint density at radius 1 is 1.10 bits per heavy atom. The number of rotatable bonds is 3. The molecule has 1 aliphatic rings. The van der Waals surface area contributed by atoms with E-state index in [0.29, 0.717) is 17.3 Å². The summed E-state index contributed by atoms with van der Waals surface area (Å²) in [4.78, 5) is 4.59. The number of nitrogens with zero attached hydrogens (tertiary/aromatic N) is 2. The molecule has 150 valence electrons. The van der Waals surface area contributed by atoms with Crippen LogP contribution in [0, 0.1) is 6.92 Å². The standard InChI is InChI=1S/C19H17F3N6O/c1-11-10-16(28-27-11)18(23)14-4-2-3-5-15(14)25-17(26-18)24-12-6-8-13(9-7-12)29-19(20,21)22/h2-10H,23H2,1H3,(H,27,28)(H2,24,25,26). The molecule has 10 heteroatoms. The number of nitrogens with two attached hydrogens (primary N) is 1. The Balaban J connectivity index is 1.64. The van der Waals surface area contributed by atoms with E-state index < -0.39 is 12.0 Å². The molecule has 3 aromatic rings. The van der Waals surface area contributed by atoms with Gasteiger partial charge in [0, 0.05) is 22.6 Å². The van der Waals surface area contributed by atoms with Crippen molar-refractivity contribution < 1.29 is 17.9 Å². The third kappa shape index (κ3) is 3.87. The number of hydrogen-bond acceptors (Lipinski definition) is 6. The molecule has 1 aromatic heterocycles. The van der Waals surface area contributed by atoms with Gasteiger partial charge in [0.25, 0.3) is 0 Å². The Bertz CT molecular complexity index is 1060. The van der Waals surface area contributed by atoms with Crippen LogP contribution in [0.15, 0.2) is 59.6 Å². The number of benzene rings is 2. The lowest BCUT2D eigenvalue weighted by Crippen LogP contribution is -2.44. The van der Waals surface area contributed by atoms with Crippen LogP contribution in [0.25, 0.3) is 0 Å². The molecule has 0 saturated carbocycles. The highest BCUT2D eigenvalue weighted by Crippen LogP contribution is 2.36. The van der Waals surface area contributed by atoms with Crippen LogP contribution in [-0.4, -0.2) is 22.5 Å². The number of guanidine groups is 1. The molecule has 2 heterocycles. The highest BCUT2D eigenvalue weighted by atomic mass is 19.4. The molecular formula is C19H17F3N6O. The van der Waals surface area contributed by atoms with Gasteiger partial charge in [-0.25, -0.2) is 4.99 Å². The van der Waals surface area contributed by atoms with E-state index in [4.69, 9.17) is 5.73 Å². The zero-order chi connectivity index (χ0) is 20.6. The molecule has 7 nitrogen and oxygen atoms in total. The van der Waals surface area contributed by atoms with Gasteiger partial charge in [-0.1, -0.05) is 18.2 Å². The number of H-pyrrole nitrogens is 1. The molecule has 1 aliphatic heterocycles. The van der Waals surface area contributed by atoms with Gasteiger partial charge in [0.15, 0.2) is 5.66 Å². The molecule has 29 heavy (non-hydrogen) atoms. The average Bonchev–Trinajstić information content (AvgIpc) is 3.09. The lowest BCUT2D eigenvalue weighted by atomic mass is 9.94. The number of hydrogen-bond donors (Lipinski definition) is 4. The first kappa shape index (κ1) is 18.8. The van der Waals surface area contributed by atoms with Gasteiger partial charge < -0.3 is 15.4 Å². The molecule has 2 aromatic carbocycles. The maximum absolute atomic E-state index is 12.3.